The number of hydrogen-bond donors (Lipinski definition) is 2. The summed E-state index contributed by atoms with van der Waals surface area (Å²) in [6.45, 7) is 14.2. The van der Waals surface area contributed by atoms with Crippen molar-refractivity contribution in [2.45, 2.75) is 86.4 Å². The molecule has 0 aliphatic carbocycles. The van der Waals surface area contributed by atoms with Crippen molar-refractivity contribution >= 4 is 13.6 Å². The number of rotatable bonds is 9. The molecule has 0 saturated heterocycles. The first-order valence-corrected chi connectivity index (χ1v) is 9.84. The smallest absolute Gasteiger partial charge is 0.385 e. The molecule has 2 N–H and O–H groups in total. The van der Waals surface area contributed by atoms with Crippen LogP contribution in [0.1, 0.15) is 74.7 Å². The molecule has 2 unspecified atom stereocenters. The van der Waals surface area contributed by atoms with Crippen molar-refractivity contribution in [2.24, 2.45) is 10.8 Å². The van der Waals surface area contributed by atoms with Gasteiger partial charge in [0.2, 0.25) is 0 Å². The summed E-state index contributed by atoms with van der Waals surface area (Å²) in [6, 6.07) is 0. The maximum atomic E-state index is 12.2. The van der Waals surface area contributed by atoms with Gasteiger partial charge in [-0.05, 0) is 39.0 Å². The van der Waals surface area contributed by atoms with Gasteiger partial charge in [0.1, 0.15) is 6.10 Å². The Morgan fingerprint density at radius 2 is 1.58 bits per heavy atom. The van der Waals surface area contributed by atoms with E-state index in [2.05, 4.69) is 20.8 Å². The van der Waals surface area contributed by atoms with Crippen molar-refractivity contribution in [3.8, 4) is 0 Å². The monoisotopic (exact) mass is 366 g/mol. The fourth-order valence-electron chi connectivity index (χ4n) is 2.06. The van der Waals surface area contributed by atoms with Crippen LogP contribution in [0.3, 0.4) is 0 Å². The molecule has 0 radical (unpaired) electrons. The average molecular weight is 366 g/mol. The standard InChI is InChI=1S/C17H35O6P/c1-15(2,3)11-9-10-13(18)14(19)17(7,8)12-22-24(20,21)23-16(4,5)6/h14,19H,9-12H2,1-8H3,(H,20,21). The maximum absolute atomic E-state index is 12.2. The zero-order valence-corrected chi connectivity index (χ0v) is 17.3. The molecule has 144 valence electrons. The zero-order chi connectivity index (χ0) is 19.4. The molecule has 0 fully saturated rings. The highest BCUT2D eigenvalue weighted by Gasteiger charge is 2.37. The Kier molecular flexibility index (Phi) is 8.32. The highest BCUT2D eigenvalue weighted by Crippen LogP contribution is 2.48. The van der Waals surface area contributed by atoms with Gasteiger partial charge in [0.15, 0.2) is 5.78 Å². The van der Waals surface area contributed by atoms with Crippen molar-refractivity contribution in [2.75, 3.05) is 6.61 Å². The van der Waals surface area contributed by atoms with Crippen molar-refractivity contribution in [3.05, 3.63) is 0 Å². The Morgan fingerprint density at radius 1 is 1.08 bits per heavy atom. The highest BCUT2D eigenvalue weighted by molar-refractivity contribution is 7.47. The topological polar surface area (TPSA) is 93.1 Å². The van der Waals surface area contributed by atoms with Gasteiger partial charge in [-0.25, -0.2) is 4.57 Å². The van der Waals surface area contributed by atoms with Crippen LogP contribution in [0, 0.1) is 10.8 Å². The minimum Gasteiger partial charge on any atom is -0.385 e. The van der Waals surface area contributed by atoms with Gasteiger partial charge in [-0.2, -0.15) is 0 Å². The van der Waals surface area contributed by atoms with E-state index >= 15 is 0 Å². The van der Waals surface area contributed by atoms with Gasteiger partial charge in [-0.3, -0.25) is 13.8 Å². The first-order chi connectivity index (χ1) is 10.5. The van der Waals surface area contributed by atoms with Crippen molar-refractivity contribution < 1.29 is 28.4 Å². The lowest BCUT2D eigenvalue weighted by atomic mass is 9.83. The summed E-state index contributed by atoms with van der Waals surface area (Å²) in [7, 11) is -4.25. The predicted molar refractivity (Wildman–Crippen MR) is 94.7 cm³/mol. The van der Waals surface area contributed by atoms with E-state index < -0.39 is 24.9 Å². The van der Waals surface area contributed by atoms with Crippen LogP contribution in [0.25, 0.3) is 0 Å². The second-order valence-electron chi connectivity index (χ2n) is 9.22. The summed E-state index contributed by atoms with van der Waals surface area (Å²) in [5.41, 5.74) is -1.69. The minimum absolute atomic E-state index is 0.137. The molecule has 0 aromatic heterocycles. The number of carbonyl (C=O) groups is 1. The lowest BCUT2D eigenvalue weighted by Crippen LogP contribution is -2.40. The molecule has 0 aliphatic heterocycles. The minimum atomic E-state index is -4.25. The Hall–Kier alpha value is -0.260. The van der Waals surface area contributed by atoms with E-state index in [1.54, 1.807) is 34.6 Å². The van der Waals surface area contributed by atoms with E-state index in [1.807, 2.05) is 0 Å². The van der Waals surface area contributed by atoms with Gasteiger partial charge in [-0.1, -0.05) is 34.6 Å². The van der Waals surface area contributed by atoms with Crippen LogP contribution in [-0.2, 0) is 18.4 Å². The molecule has 0 amide bonds. The zero-order valence-electron chi connectivity index (χ0n) is 16.4. The van der Waals surface area contributed by atoms with E-state index in [0.717, 1.165) is 6.42 Å². The van der Waals surface area contributed by atoms with Gasteiger partial charge < -0.3 is 10.00 Å². The van der Waals surface area contributed by atoms with Crippen LogP contribution in [0.4, 0.5) is 0 Å². The Morgan fingerprint density at radius 3 is 2.00 bits per heavy atom. The van der Waals surface area contributed by atoms with E-state index in [-0.39, 0.29) is 24.2 Å². The number of ketones is 1. The van der Waals surface area contributed by atoms with Gasteiger partial charge in [0, 0.05) is 11.8 Å². The van der Waals surface area contributed by atoms with Gasteiger partial charge in [0.25, 0.3) is 0 Å². The molecule has 7 heteroatoms. The third kappa shape index (κ3) is 10.6. The quantitative estimate of drug-likeness (QED) is 0.597. The van der Waals surface area contributed by atoms with Gasteiger partial charge >= 0.3 is 7.82 Å². The summed E-state index contributed by atoms with van der Waals surface area (Å²) in [5, 5.41) is 10.3. The van der Waals surface area contributed by atoms with Crippen LogP contribution < -0.4 is 0 Å². The lowest BCUT2D eigenvalue weighted by molar-refractivity contribution is -0.135. The lowest BCUT2D eigenvalue weighted by Gasteiger charge is -2.31. The number of aliphatic hydroxyl groups is 1. The number of hydrogen-bond acceptors (Lipinski definition) is 5. The molecule has 0 aliphatic rings. The molecular formula is C17H35O6P. The van der Waals surface area contributed by atoms with Crippen LogP contribution in [0.5, 0.6) is 0 Å². The number of phosphoric ester groups is 1. The molecular weight excluding hydrogens is 331 g/mol. The van der Waals surface area contributed by atoms with E-state index in [0.29, 0.717) is 6.42 Å². The van der Waals surface area contributed by atoms with Crippen molar-refractivity contribution in [3.63, 3.8) is 0 Å². The molecule has 24 heavy (non-hydrogen) atoms. The fraction of sp³-hybridized carbons (Fsp3) is 0.941. The molecule has 0 heterocycles. The molecule has 0 aromatic carbocycles. The van der Waals surface area contributed by atoms with E-state index in [9.17, 15) is 19.4 Å². The SMILES string of the molecule is CC(C)(C)CCCC(=O)C(O)C(C)(C)COP(=O)(O)OC(C)(C)C. The largest absolute Gasteiger partial charge is 0.472 e. The molecule has 0 bridgehead atoms. The Labute approximate surface area is 146 Å². The summed E-state index contributed by atoms with van der Waals surface area (Å²) < 4.78 is 21.9. The van der Waals surface area contributed by atoms with Crippen LogP contribution in [0.15, 0.2) is 0 Å². The summed E-state index contributed by atoms with van der Waals surface area (Å²) in [5.74, 6) is -0.280. The number of aliphatic hydroxyl groups excluding tert-OH is 1. The molecule has 6 nitrogen and oxygen atoms in total. The van der Waals surface area contributed by atoms with Crippen LogP contribution in [0.2, 0.25) is 0 Å². The average Bonchev–Trinajstić information content (AvgIpc) is 2.31. The molecule has 0 rings (SSSR count). The number of phosphoric acid groups is 1. The normalized spacial score (nSPS) is 17.4. The second kappa shape index (κ2) is 8.41. The summed E-state index contributed by atoms with van der Waals surface area (Å²) in [6.07, 6.45) is 0.597. The molecule has 2 atom stereocenters. The third-order valence-electron chi connectivity index (χ3n) is 3.38. The van der Waals surface area contributed by atoms with Crippen LogP contribution in [-0.4, -0.2) is 34.1 Å². The van der Waals surface area contributed by atoms with Gasteiger partial charge in [0.05, 0.1) is 12.2 Å². The maximum Gasteiger partial charge on any atom is 0.472 e. The first kappa shape index (κ1) is 23.7. The second-order valence-corrected chi connectivity index (χ2v) is 10.6. The number of carbonyl (C=O) groups excluding carboxylic acids is 1. The molecule has 0 saturated carbocycles. The summed E-state index contributed by atoms with van der Waals surface area (Å²) in [4.78, 5) is 21.9. The predicted octanol–water partition coefficient (Wildman–Crippen LogP) is 4.09. The van der Waals surface area contributed by atoms with Crippen LogP contribution >= 0.6 is 7.82 Å². The fourth-order valence-corrected chi connectivity index (χ4v) is 3.31. The third-order valence-corrected chi connectivity index (χ3v) is 4.62. The van der Waals surface area contributed by atoms with E-state index in [4.69, 9.17) is 9.05 Å². The number of Topliss-reactive ketones (excluding diaryl/α,β-unsaturated/α-hetero) is 1. The summed E-state index contributed by atoms with van der Waals surface area (Å²) >= 11 is 0. The van der Waals surface area contributed by atoms with Crippen molar-refractivity contribution in [1.82, 2.24) is 0 Å². The highest BCUT2D eigenvalue weighted by atomic mass is 31.2. The molecule has 0 spiro atoms. The first-order valence-electron chi connectivity index (χ1n) is 8.34. The Balaban J connectivity index is 4.59. The van der Waals surface area contributed by atoms with E-state index in [1.165, 1.54) is 0 Å². The Bertz CT molecular complexity index is 459. The van der Waals surface area contributed by atoms with Gasteiger partial charge in [-0.15, -0.1) is 0 Å². The van der Waals surface area contributed by atoms with Crippen molar-refractivity contribution in [1.29, 1.82) is 0 Å². The molecule has 0 aromatic rings.